The number of thioether (sulfide) groups is 1. The Morgan fingerprint density at radius 3 is 2.58 bits per heavy atom. The predicted octanol–water partition coefficient (Wildman–Crippen LogP) is 4.29. The summed E-state index contributed by atoms with van der Waals surface area (Å²) < 4.78 is 48.6. The summed E-state index contributed by atoms with van der Waals surface area (Å²) in [7, 11) is 2.97. The quantitative estimate of drug-likeness (QED) is 0.821. The molecule has 0 radical (unpaired) electrons. The molecule has 1 aliphatic heterocycles. The molecule has 0 saturated carbocycles. The highest BCUT2D eigenvalue weighted by molar-refractivity contribution is 7.99. The number of alkyl halides is 3. The second-order valence-electron chi connectivity index (χ2n) is 5.28. The van der Waals surface area contributed by atoms with Crippen LogP contribution in [-0.2, 0) is 12.6 Å². The van der Waals surface area contributed by atoms with Gasteiger partial charge in [0, 0.05) is 4.90 Å². The Kier molecular flexibility index (Phi) is 4.58. The highest BCUT2D eigenvalue weighted by Gasteiger charge is 2.32. The van der Waals surface area contributed by atoms with Crippen molar-refractivity contribution in [3.05, 3.63) is 41.2 Å². The number of hydrogen-bond donors (Lipinski definition) is 0. The van der Waals surface area contributed by atoms with Crippen LogP contribution in [0.15, 0.2) is 29.3 Å². The number of aromatic nitrogens is 2. The van der Waals surface area contributed by atoms with Gasteiger partial charge < -0.3 is 9.47 Å². The van der Waals surface area contributed by atoms with Crippen LogP contribution in [0, 0.1) is 0 Å². The van der Waals surface area contributed by atoms with Crippen LogP contribution in [0.4, 0.5) is 13.2 Å². The van der Waals surface area contributed by atoms with Gasteiger partial charge in [0.25, 0.3) is 11.8 Å². The average molecular weight is 356 g/mol. The van der Waals surface area contributed by atoms with Crippen LogP contribution in [0.1, 0.15) is 28.5 Å². The molecule has 1 aromatic carbocycles. The van der Waals surface area contributed by atoms with E-state index in [4.69, 9.17) is 9.47 Å². The summed E-state index contributed by atoms with van der Waals surface area (Å²) in [4.78, 5) is 9.42. The van der Waals surface area contributed by atoms with E-state index in [2.05, 4.69) is 9.97 Å². The van der Waals surface area contributed by atoms with Crippen molar-refractivity contribution in [3.63, 3.8) is 0 Å². The van der Waals surface area contributed by atoms with E-state index in [1.165, 1.54) is 38.1 Å². The van der Waals surface area contributed by atoms with Crippen LogP contribution in [-0.4, -0.2) is 24.2 Å². The molecule has 4 nitrogen and oxygen atoms in total. The number of benzene rings is 1. The van der Waals surface area contributed by atoms with Gasteiger partial charge in [-0.25, -0.2) is 9.97 Å². The summed E-state index contributed by atoms with van der Waals surface area (Å²) in [6, 6.07) is 3.89. The largest absolute Gasteiger partial charge is 0.477 e. The first-order chi connectivity index (χ1) is 11.4. The van der Waals surface area contributed by atoms with E-state index in [0.717, 1.165) is 22.2 Å². The molecule has 0 spiro atoms. The minimum Gasteiger partial charge on any atom is -0.477 e. The van der Waals surface area contributed by atoms with Gasteiger partial charge in [-0.1, -0.05) is 0 Å². The fraction of sp³-hybridized carbons (Fsp3) is 0.375. The number of halogens is 3. The van der Waals surface area contributed by atoms with Crippen molar-refractivity contribution in [1.82, 2.24) is 9.97 Å². The summed E-state index contributed by atoms with van der Waals surface area (Å²) in [5, 5.41) is 0.0153. The molecule has 24 heavy (non-hydrogen) atoms. The van der Waals surface area contributed by atoms with Gasteiger partial charge in [-0.15, -0.1) is 11.8 Å². The molecular formula is C16H15F3N2O2S. The molecule has 1 aromatic heterocycles. The monoisotopic (exact) mass is 356 g/mol. The number of rotatable bonds is 3. The molecule has 2 heterocycles. The van der Waals surface area contributed by atoms with E-state index in [1.807, 2.05) is 0 Å². The number of methoxy groups -OCH3 is 2. The average Bonchev–Trinajstić information content (AvgIpc) is 2.59. The molecule has 1 atom stereocenters. The molecule has 2 aromatic rings. The van der Waals surface area contributed by atoms with Crippen molar-refractivity contribution >= 4 is 11.8 Å². The third-order valence-electron chi connectivity index (χ3n) is 3.78. The summed E-state index contributed by atoms with van der Waals surface area (Å²) in [6.45, 7) is 0. The second-order valence-corrected chi connectivity index (χ2v) is 6.52. The van der Waals surface area contributed by atoms with Crippen molar-refractivity contribution < 1.29 is 22.6 Å². The number of ether oxygens (including phenoxy) is 2. The van der Waals surface area contributed by atoms with Gasteiger partial charge in [0.05, 0.1) is 36.9 Å². The standard InChI is InChI=1S/C16H15F3N2O2S/c1-22-14-15(23-2)21-11(8-20-14)13-5-3-9-7-10(16(17,18)19)4-6-12(9)24-13/h4,6-8,13H,3,5H2,1-2H3. The fourth-order valence-corrected chi connectivity index (χ4v) is 3.81. The lowest BCUT2D eigenvalue weighted by Crippen LogP contribution is -2.10. The Bertz CT molecular complexity index is 753. The van der Waals surface area contributed by atoms with Crippen LogP contribution in [0.2, 0.25) is 0 Å². The molecule has 0 aliphatic carbocycles. The van der Waals surface area contributed by atoms with E-state index in [0.29, 0.717) is 24.6 Å². The molecule has 0 N–H and O–H groups in total. The van der Waals surface area contributed by atoms with Crippen molar-refractivity contribution in [2.24, 2.45) is 0 Å². The Labute approximate surface area is 141 Å². The van der Waals surface area contributed by atoms with E-state index >= 15 is 0 Å². The number of nitrogens with zero attached hydrogens (tertiary/aromatic N) is 2. The lowest BCUT2D eigenvalue weighted by Gasteiger charge is -2.24. The first-order valence-electron chi connectivity index (χ1n) is 7.24. The summed E-state index contributed by atoms with van der Waals surface area (Å²) in [5.74, 6) is 0.603. The second kappa shape index (κ2) is 6.51. The minimum absolute atomic E-state index is 0.0153. The topological polar surface area (TPSA) is 44.2 Å². The Morgan fingerprint density at radius 2 is 1.92 bits per heavy atom. The van der Waals surface area contributed by atoms with Gasteiger partial charge in [-0.2, -0.15) is 13.2 Å². The van der Waals surface area contributed by atoms with Crippen molar-refractivity contribution in [3.8, 4) is 11.8 Å². The maximum absolute atomic E-state index is 12.8. The summed E-state index contributed by atoms with van der Waals surface area (Å²) in [5.41, 5.74) is 0.842. The smallest absolute Gasteiger partial charge is 0.416 e. The van der Waals surface area contributed by atoms with Crippen LogP contribution in [0.3, 0.4) is 0 Å². The van der Waals surface area contributed by atoms with Crippen LogP contribution in [0.25, 0.3) is 0 Å². The summed E-state index contributed by atoms with van der Waals surface area (Å²) in [6.07, 6.45) is -1.45. The molecule has 128 valence electrons. The zero-order valence-electron chi connectivity index (χ0n) is 13.1. The SMILES string of the molecule is COc1ncc(C2CCc3cc(C(F)(F)F)ccc3S2)nc1OC. The van der Waals surface area contributed by atoms with Gasteiger partial charge in [-0.05, 0) is 36.6 Å². The van der Waals surface area contributed by atoms with Crippen LogP contribution in [0.5, 0.6) is 11.8 Å². The first kappa shape index (κ1) is 16.9. The van der Waals surface area contributed by atoms with E-state index < -0.39 is 11.7 Å². The fourth-order valence-electron chi connectivity index (χ4n) is 2.58. The molecule has 8 heteroatoms. The molecule has 1 aliphatic rings. The van der Waals surface area contributed by atoms with E-state index in [9.17, 15) is 13.2 Å². The molecule has 0 saturated heterocycles. The third kappa shape index (κ3) is 3.28. The summed E-state index contributed by atoms with van der Waals surface area (Å²) >= 11 is 1.50. The van der Waals surface area contributed by atoms with Gasteiger partial charge >= 0.3 is 6.18 Å². The molecule has 0 fully saturated rings. The zero-order valence-corrected chi connectivity index (χ0v) is 13.9. The van der Waals surface area contributed by atoms with Gasteiger partial charge in [0.1, 0.15) is 0 Å². The van der Waals surface area contributed by atoms with Crippen LogP contribution < -0.4 is 9.47 Å². The number of hydrogen-bond acceptors (Lipinski definition) is 5. The maximum Gasteiger partial charge on any atom is 0.416 e. The normalized spacial score (nSPS) is 17.3. The van der Waals surface area contributed by atoms with Gasteiger partial charge in [0.2, 0.25) is 0 Å². The molecule has 0 bridgehead atoms. The maximum atomic E-state index is 12.8. The molecule has 1 unspecified atom stereocenters. The zero-order chi connectivity index (χ0) is 17.3. The lowest BCUT2D eigenvalue weighted by atomic mass is 10.0. The van der Waals surface area contributed by atoms with Gasteiger partial charge in [0.15, 0.2) is 0 Å². The number of fused-ring (bicyclic) bond motifs is 1. The third-order valence-corrected chi connectivity index (χ3v) is 5.19. The van der Waals surface area contributed by atoms with Crippen molar-refractivity contribution in [1.29, 1.82) is 0 Å². The molecule has 3 rings (SSSR count). The predicted molar refractivity (Wildman–Crippen MR) is 83.5 cm³/mol. The number of aryl methyl sites for hydroxylation is 1. The Morgan fingerprint density at radius 1 is 1.17 bits per heavy atom. The van der Waals surface area contributed by atoms with E-state index in [-0.39, 0.29) is 5.25 Å². The Hall–Kier alpha value is -1.96. The van der Waals surface area contributed by atoms with Gasteiger partial charge in [-0.3, -0.25) is 0 Å². The Balaban J connectivity index is 1.85. The first-order valence-corrected chi connectivity index (χ1v) is 8.12. The highest BCUT2D eigenvalue weighted by Crippen LogP contribution is 2.45. The highest BCUT2D eigenvalue weighted by atomic mass is 32.2. The van der Waals surface area contributed by atoms with Crippen LogP contribution >= 0.6 is 11.8 Å². The lowest BCUT2D eigenvalue weighted by molar-refractivity contribution is -0.137. The van der Waals surface area contributed by atoms with Crippen molar-refractivity contribution in [2.45, 2.75) is 29.2 Å². The molecule has 0 amide bonds. The van der Waals surface area contributed by atoms with Crippen molar-refractivity contribution in [2.75, 3.05) is 14.2 Å². The minimum atomic E-state index is -4.31. The van der Waals surface area contributed by atoms with E-state index in [1.54, 1.807) is 6.20 Å². The molecular weight excluding hydrogens is 341 g/mol.